The van der Waals surface area contributed by atoms with Crippen LogP contribution in [0.5, 0.6) is 0 Å². The third kappa shape index (κ3) is 24.5. The number of rotatable bonds is 11. The van der Waals surface area contributed by atoms with Crippen molar-refractivity contribution in [2.24, 2.45) is 0 Å². The molecule has 3 N–H and O–H groups in total. The summed E-state index contributed by atoms with van der Waals surface area (Å²) in [4.78, 5) is 58.8. The number of carboxylic acid groups (broad SMARTS) is 3. The molecule has 590 valence electrons. The Labute approximate surface area is 725 Å². The van der Waals surface area contributed by atoms with E-state index in [4.69, 9.17) is 15.3 Å². The van der Waals surface area contributed by atoms with E-state index in [1.54, 1.807) is 59.7 Å². The Kier molecular flexibility index (Phi) is 34.9. The minimum atomic E-state index is -0.990. The molecule has 0 saturated carbocycles. The second-order valence-electron chi connectivity index (χ2n) is 25.4. The molecule has 0 unspecified atom stereocenters. The Morgan fingerprint density at radius 1 is 0.365 bits per heavy atom. The number of hydrogen-bond acceptors (Lipinski definition) is 12. The van der Waals surface area contributed by atoms with E-state index in [2.05, 4.69) is 233 Å². The van der Waals surface area contributed by atoms with Crippen LogP contribution in [0.15, 0.2) is 305 Å². The smallest absolute Gasteiger partial charge is 0.354 e. The minimum absolute atomic E-state index is 0. The van der Waals surface area contributed by atoms with Crippen molar-refractivity contribution < 1.29 is 114 Å². The number of para-hydroxylation sites is 1. The Balaban J connectivity index is 0.000000190. The van der Waals surface area contributed by atoms with Gasteiger partial charge in [0, 0.05) is 139 Å². The Morgan fingerprint density at radius 2 is 0.800 bits per heavy atom. The normalized spacial score (nSPS) is 10.0. The van der Waals surface area contributed by atoms with Gasteiger partial charge in [-0.15, -0.1) is 17.2 Å². The number of nitrogens with zero attached hydrogens (tertiary/aromatic N) is 13. The first kappa shape index (κ1) is 90.2. The Hall–Kier alpha value is -12.0. The average molecular weight is 2240 g/mol. The quantitative estimate of drug-likeness (QED) is 0.102. The molecule has 17 aromatic rings. The van der Waals surface area contributed by atoms with Gasteiger partial charge < -0.3 is 48.8 Å². The number of carbonyl (C=O) groups is 3. The van der Waals surface area contributed by atoms with E-state index in [-0.39, 0.29) is 101 Å². The summed E-state index contributed by atoms with van der Waals surface area (Å²) in [5, 5.41) is 38.6. The first-order valence-corrected chi connectivity index (χ1v) is 35.2. The molecule has 0 fully saturated rings. The van der Waals surface area contributed by atoms with Crippen molar-refractivity contribution in [3.8, 4) is 67.8 Å². The zero-order chi connectivity index (χ0) is 78.2. The van der Waals surface area contributed by atoms with Gasteiger partial charge in [-0.25, -0.2) is 34.4 Å². The number of carboxylic acids is 3. The zero-order valence-corrected chi connectivity index (χ0v) is 72.6. The number of hydrogen-bond donors (Lipinski definition) is 3. The molecule has 23 heteroatoms. The van der Waals surface area contributed by atoms with Gasteiger partial charge in [-0.05, 0) is 213 Å². The molecule has 0 aliphatic heterocycles. The van der Waals surface area contributed by atoms with Crippen molar-refractivity contribution in [2.75, 3.05) is 0 Å². The fourth-order valence-corrected chi connectivity index (χ4v) is 12.3. The molecule has 17 rings (SSSR count). The molecule has 19 nitrogen and oxygen atoms in total. The van der Waals surface area contributed by atoms with E-state index in [1.165, 1.54) is 103 Å². The first-order valence-electron chi connectivity index (χ1n) is 35.2. The van der Waals surface area contributed by atoms with Gasteiger partial charge in [-0.2, -0.15) is 6.07 Å². The van der Waals surface area contributed by atoms with Gasteiger partial charge >= 0.3 is 17.9 Å². The molecule has 0 atom stereocenters. The minimum Gasteiger partial charge on any atom is -0.477 e. The largest absolute Gasteiger partial charge is 0.477 e. The fourth-order valence-electron chi connectivity index (χ4n) is 12.3. The van der Waals surface area contributed by atoms with Crippen LogP contribution in [0.4, 0.5) is 0 Å². The summed E-state index contributed by atoms with van der Waals surface area (Å²) in [5.41, 5.74) is 22.3. The van der Waals surface area contributed by atoms with Crippen LogP contribution in [-0.2, 0) is 84.3 Å². The molecule has 0 aliphatic rings. The SMILES string of the molecule is Cc1cc(C)c(-n2c[c-]c(-c3ccccn3)c2)c(C)c1.Cc1cc(C)c(-n2cc(-c3nccc4ccccc34)[c-]n2)c(C)c1.Cc1cccc(C)c1-n1[c-]c(-c2ccccn2)cn1.O=C(O)c1ccccn1.O=C(O)c1ccccn1.O=C(O)c1ccccn1.[Pt].[Pt].[Pt].[Pt].[c-]1c(-c2ccccn2)ccn1-c1cccc2ccccc12. The predicted molar refractivity (Wildman–Crippen MR) is 433 cm³/mol. The molecule has 6 aromatic carbocycles. The van der Waals surface area contributed by atoms with Crippen LogP contribution in [0.1, 0.15) is 76.0 Å². The van der Waals surface area contributed by atoms with Crippen LogP contribution >= 0.6 is 0 Å². The van der Waals surface area contributed by atoms with Gasteiger partial charge in [0.15, 0.2) is 0 Å². The van der Waals surface area contributed by atoms with Gasteiger partial charge in [-0.1, -0.05) is 222 Å². The monoisotopic (exact) mass is 2240 g/mol. The van der Waals surface area contributed by atoms with Gasteiger partial charge in [0.25, 0.3) is 0 Å². The zero-order valence-electron chi connectivity index (χ0n) is 63.5. The summed E-state index contributed by atoms with van der Waals surface area (Å²) in [6.07, 6.45) is 31.3. The van der Waals surface area contributed by atoms with E-state index in [1.807, 2.05) is 119 Å². The molecule has 115 heavy (non-hydrogen) atoms. The fraction of sp³-hybridized carbons (Fsp3) is 0.0870. The molecular weight excluding hydrogens is 2160 g/mol. The van der Waals surface area contributed by atoms with Crippen molar-refractivity contribution in [2.45, 2.75) is 55.4 Å². The third-order valence-electron chi connectivity index (χ3n) is 17.2. The summed E-state index contributed by atoms with van der Waals surface area (Å²) >= 11 is 0. The van der Waals surface area contributed by atoms with Crippen LogP contribution in [-0.4, -0.2) is 96.8 Å². The maximum atomic E-state index is 10.1. The van der Waals surface area contributed by atoms with E-state index in [9.17, 15) is 14.4 Å². The van der Waals surface area contributed by atoms with Gasteiger partial charge in [0.05, 0.1) is 5.69 Å². The standard InChI is InChI=1S/C21H18N3.C19H13N2.C18H17N2.C16H14N3.3C6H5NO2.4Pt/c1-14-10-15(2)21(16(3)11-14)24-13-18(12-23-24)20-19-7-5-4-6-17(19)8-9-22-20;1-2-8-17-15(6-1)7-5-10-19(17)21-13-11-16(14-21)18-9-3-4-12-20-18;1-13-10-14(2)18(15(3)11-13)20-9-7-16(12-20)17-6-4-5-8-19-17;1-12-6-5-7-13(2)16(12)19-11-14(10-18-19)15-8-3-4-9-17-15;3*8-6(9)5-3-1-2-4-7-5;;;;/h4-11,13H,1-3H3;1-13H;4-6,8-12H,1-3H3;3-10H,1-2H3;3*1-4H,(H,8,9);;;;/q4*-1;;;;;;;. The number of aromatic carboxylic acids is 3. The van der Waals surface area contributed by atoms with Crippen LogP contribution < -0.4 is 0 Å². The summed E-state index contributed by atoms with van der Waals surface area (Å²) in [5.74, 6) is -2.97. The summed E-state index contributed by atoms with van der Waals surface area (Å²) in [7, 11) is 0. The van der Waals surface area contributed by atoms with Crippen molar-refractivity contribution >= 4 is 39.5 Å². The number of fused-ring (bicyclic) bond motifs is 2. The van der Waals surface area contributed by atoms with Crippen LogP contribution in [0.3, 0.4) is 0 Å². The molecule has 0 aliphatic carbocycles. The molecule has 0 saturated heterocycles. The summed E-state index contributed by atoms with van der Waals surface area (Å²) < 4.78 is 7.87. The third-order valence-corrected chi connectivity index (χ3v) is 17.2. The van der Waals surface area contributed by atoms with Crippen molar-refractivity contribution in [1.29, 1.82) is 0 Å². The maximum Gasteiger partial charge on any atom is 0.354 e. The van der Waals surface area contributed by atoms with Crippen molar-refractivity contribution in [1.82, 2.24) is 63.6 Å². The molecule has 0 amide bonds. The second kappa shape index (κ2) is 44.5. The van der Waals surface area contributed by atoms with E-state index < -0.39 is 17.9 Å². The molecule has 11 heterocycles. The van der Waals surface area contributed by atoms with Gasteiger partial charge in [-0.3, -0.25) is 10.1 Å². The predicted octanol–water partition coefficient (Wildman–Crippen LogP) is 19.3. The van der Waals surface area contributed by atoms with Crippen LogP contribution in [0.2, 0.25) is 0 Å². The molecular formula is C92H77N13O6Pt4-4. The van der Waals surface area contributed by atoms with E-state index >= 15 is 0 Å². The molecule has 0 bridgehead atoms. The van der Waals surface area contributed by atoms with E-state index in [0.29, 0.717) is 0 Å². The van der Waals surface area contributed by atoms with E-state index in [0.717, 1.165) is 67.5 Å². The van der Waals surface area contributed by atoms with Gasteiger partial charge in [0.1, 0.15) is 17.1 Å². The van der Waals surface area contributed by atoms with Crippen LogP contribution in [0, 0.1) is 80.0 Å². The maximum absolute atomic E-state index is 10.1. The second-order valence-corrected chi connectivity index (χ2v) is 25.4. The number of pyridine rings is 7. The average Bonchev–Trinajstić information content (AvgIpc) is 1.66. The first-order chi connectivity index (χ1) is 53.9. The Morgan fingerprint density at radius 3 is 1.28 bits per heavy atom. The number of aromatic nitrogens is 13. The van der Waals surface area contributed by atoms with Crippen LogP contribution in [0.25, 0.3) is 89.3 Å². The molecule has 11 aromatic heterocycles. The Bertz CT molecular complexity index is 5760. The number of benzene rings is 6. The summed E-state index contributed by atoms with van der Waals surface area (Å²) in [6.45, 7) is 16.9. The van der Waals surface area contributed by atoms with Gasteiger partial charge in [0.2, 0.25) is 0 Å². The van der Waals surface area contributed by atoms with Crippen molar-refractivity contribution in [3.05, 3.63) is 391 Å². The molecule has 0 radical (unpaired) electrons. The topological polar surface area (TPSA) is 248 Å². The molecule has 0 spiro atoms. The summed E-state index contributed by atoms with van der Waals surface area (Å²) in [6, 6.07) is 77.3. The number of aryl methyl sites for hydroxylation is 8. The van der Waals surface area contributed by atoms with Crippen molar-refractivity contribution in [3.63, 3.8) is 0 Å².